The highest BCUT2D eigenvalue weighted by Gasteiger charge is 2.28. The van der Waals surface area contributed by atoms with Crippen LogP contribution in [0.25, 0.3) is 0 Å². The van der Waals surface area contributed by atoms with Gasteiger partial charge in [0.25, 0.3) is 0 Å². The van der Waals surface area contributed by atoms with E-state index in [2.05, 4.69) is 5.32 Å². The second-order valence-electron chi connectivity index (χ2n) is 4.49. The molecule has 6 nitrogen and oxygen atoms in total. The number of hydrogen-bond donors (Lipinski definition) is 1. The molecule has 1 heterocycles. The summed E-state index contributed by atoms with van der Waals surface area (Å²) >= 11 is 0. The van der Waals surface area contributed by atoms with Crippen molar-refractivity contribution in [2.45, 2.75) is 13.5 Å². The van der Waals surface area contributed by atoms with Crippen molar-refractivity contribution in [2.24, 2.45) is 0 Å². The molecule has 0 spiro atoms. The number of rotatable bonds is 5. The largest absolute Gasteiger partial charge is 0.381 e. The molecule has 1 aliphatic rings. The van der Waals surface area contributed by atoms with Gasteiger partial charge in [0.2, 0.25) is 15.9 Å². The molecule has 0 unspecified atom stereocenters. The SMILES string of the molecule is CCOCCS(=O)(=O)N1CC(=O)Nc2ccccc2C1. The Morgan fingerprint density at radius 3 is 2.80 bits per heavy atom. The average molecular weight is 298 g/mol. The number of hydrogen-bond acceptors (Lipinski definition) is 4. The summed E-state index contributed by atoms with van der Waals surface area (Å²) in [5.41, 5.74) is 1.46. The Labute approximate surface area is 118 Å². The molecular formula is C13H18N2O4S. The van der Waals surface area contributed by atoms with Crippen LogP contribution in [0.15, 0.2) is 24.3 Å². The first-order valence-corrected chi connectivity index (χ1v) is 8.07. The number of amides is 1. The number of anilines is 1. The van der Waals surface area contributed by atoms with E-state index >= 15 is 0 Å². The monoisotopic (exact) mass is 298 g/mol. The molecule has 20 heavy (non-hydrogen) atoms. The Kier molecular flexibility index (Phi) is 4.74. The van der Waals surface area contributed by atoms with Crippen LogP contribution in [0, 0.1) is 0 Å². The first kappa shape index (κ1) is 15.0. The number of para-hydroxylation sites is 1. The van der Waals surface area contributed by atoms with Gasteiger partial charge in [0.1, 0.15) is 0 Å². The Balaban J connectivity index is 2.18. The number of carbonyl (C=O) groups excluding carboxylic acids is 1. The fourth-order valence-corrected chi connectivity index (χ4v) is 3.25. The maximum Gasteiger partial charge on any atom is 0.239 e. The quantitative estimate of drug-likeness (QED) is 0.816. The zero-order valence-corrected chi connectivity index (χ0v) is 12.1. The highest BCUT2D eigenvalue weighted by Crippen LogP contribution is 2.22. The van der Waals surface area contributed by atoms with Gasteiger partial charge in [0.15, 0.2) is 0 Å². The smallest absolute Gasteiger partial charge is 0.239 e. The minimum absolute atomic E-state index is 0.115. The average Bonchev–Trinajstić information content (AvgIpc) is 2.57. The van der Waals surface area contributed by atoms with Crippen molar-refractivity contribution >= 4 is 21.6 Å². The molecule has 0 aromatic heterocycles. The van der Waals surface area contributed by atoms with Gasteiger partial charge in [0, 0.05) is 18.8 Å². The van der Waals surface area contributed by atoms with Crippen LogP contribution in [-0.2, 0) is 26.1 Å². The van der Waals surface area contributed by atoms with E-state index in [1.54, 1.807) is 12.1 Å². The third-order valence-corrected chi connectivity index (χ3v) is 4.77. The standard InChI is InChI=1S/C13H18N2O4S/c1-2-19-7-8-20(17,18)15-9-11-5-3-4-6-12(11)14-13(16)10-15/h3-6H,2,7-10H2,1H3,(H,14,16). The summed E-state index contributed by atoms with van der Waals surface area (Å²) in [6.45, 7) is 2.45. The predicted octanol–water partition coefficient (Wildman–Crippen LogP) is 0.807. The number of sulfonamides is 1. The van der Waals surface area contributed by atoms with Crippen LogP contribution in [0.3, 0.4) is 0 Å². The lowest BCUT2D eigenvalue weighted by Gasteiger charge is -2.19. The van der Waals surface area contributed by atoms with Crippen molar-refractivity contribution in [3.63, 3.8) is 0 Å². The number of nitrogens with zero attached hydrogens (tertiary/aromatic N) is 1. The molecule has 0 fully saturated rings. The highest BCUT2D eigenvalue weighted by atomic mass is 32.2. The summed E-state index contributed by atoms with van der Waals surface area (Å²) in [6, 6.07) is 7.20. The molecule has 1 amide bonds. The maximum atomic E-state index is 12.2. The summed E-state index contributed by atoms with van der Waals surface area (Å²) in [5, 5.41) is 2.72. The zero-order valence-electron chi connectivity index (χ0n) is 11.3. The molecule has 1 aromatic rings. The lowest BCUT2D eigenvalue weighted by molar-refractivity contribution is -0.116. The van der Waals surface area contributed by atoms with Gasteiger partial charge in [-0.15, -0.1) is 0 Å². The molecule has 0 atom stereocenters. The van der Waals surface area contributed by atoms with Gasteiger partial charge in [-0.3, -0.25) is 4.79 Å². The molecule has 2 rings (SSSR count). The van der Waals surface area contributed by atoms with Gasteiger partial charge in [-0.25, -0.2) is 8.42 Å². The maximum absolute atomic E-state index is 12.2. The van der Waals surface area contributed by atoms with Gasteiger partial charge < -0.3 is 10.1 Å². The second-order valence-corrected chi connectivity index (χ2v) is 6.57. The third-order valence-electron chi connectivity index (χ3n) is 3.04. The Hall–Kier alpha value is -1.44. The van der Waals surface area contributed by atoms with Crippen LogP contribution in [0.1, 0.15) is 12.5 Å². The van der Waals surface area contributed by atoms with E-state index in [0.29, 0.717) is 12.3 Å². The number of carbonyl (C=O) groups is 1. The zero-order chi connectivity index (χ0) is 14.6. The third kappa shape index (κ3) is 3.56. The van der Waals surface area contributed by atoms with Crippen molar-refractivity contribution in [1.29, 1.82) is 0 Å². The van der Waals surface area contributed by atoms with E-state index in [1.165, 1.54) is 4.31 Å². The molecule has 0 radical (unpaired) electrons. The summed E-state index contributed by atoms with van der Waals surface area (Å²) in [6.07, 6.45) is 0. The van der Waals surface area contributed by atoms with Crippen molar-refractivity contribution in [2.75, 3.05) is 30.8 Å². The molecule has 1 N–H and O–H groups in total. The molecule has 0 saturated carbocycles. The molecule has 110 valence electrons. The first-order chi connectivity index (χ1) is 9.53. The van der Waals surface area contributed by atoms with Crippen LogP contribution in [0.4, 0.5) is 5.69 Å². The Morgan fingerprint density at radius 1 is 1.30 bits per heavy atom. The minimum atomic E-state index is -3.51. The summed E-state index contributed by atoms with van der Waals surface area (Å²) in [7, 11) is -3.51. The fourth-order valence-electron chi connectivity index (χ4n) is 2.01. The molecule has 0 aliphatic carbocycles. The normalized spacial score (nSPS) is 16.4. The van der Waals surface area contributed by atoms with Gasteiger partial charge in [-0.1, -0.05) is 18.2 Å². The minimum Gasteiger partial charge on any atom is -0.381 e. The lowest BCUT2D eigenvalue weighted by Crippen LogP contribution is -2.37. The number of ether oxygens (including phenoxy) is 1. The molecule has 0 saturated heterocycles. The molecule has 1 aromatic carbocycles. The van der Waals surface area contributed by atoms with E-state index in [4.69, 9.17) is 4.74 Å². The molecule has 0 bridgehead atoms. The van der Waals surface area contributed by atoms with Crippen LogP contribution in [-0.4, -0.2) is 44.1 Å². The lowest BCUT2D eigenvalue weighted by atomic mass is 10.2. The highest BCUT2D eigenvalue weighted by molar-refractivity contribution is 7.89. The van der Waals surface area contributed by atoms with Crippen LogP contribution >= 0.6 is 0 Å². The molecule has 7 heteroatoms. The van der Waals surface area contributed by atoms with Crippen LogP contribution < -0.4 is 5.32 Å². The number of benzene rings is 1. The topological polar surface area (TPSA) is 75.7 Å². The van der Waals surface area contributed by atoms with Gasteiger partial charge in [-0.2, -0.15) is 4.31 Å². The van der Waals surface area contributed by atoms with E-state index < -0.39 is 10.0 Å². The second kappa shape index (κ2) is 6.34. The predicted molar refractivity (Wildman–Crippen MR) is 75.8 cm³/mol. The van der Waals surface area contributed by atoms with Gasteiger partial charge >= 0.3 is 0 Å². The van der Waals surface area contributed by atoms with Crippen molar-refractivity contribution < 1.29 is 17.9 Å². The number of fused-ring (bicyclic) bond motifs is 1. The van der Waals surface area contributed by atoms with Gasteiger partial charge in [-0.05, 0) is 18.6 Å². The van der Waals surface area contributed by atoms with E-state index in [0.717, 1.165) is 5.56 Å². The first-order valence-electron chi connectivity index (χ1n) is 6.46. The number of nitrogens with one attached hydrogen (secondary N) is 1. The van der Waals surface area contributed by atoms with Crippen molar-refractivity contribution in [3.05, 3.63) is 29.8 Å². The summed E-state index contributed by atoms with van der Waals surface area (Å²) in [4.78, 5) is 11.8. The summed E-state index contributed by atoms with van der Waals surface area (Å²) < 4.78 is 30.8. The van der Waals surface area contributed by atoms with Crippen molar-refractivity contribution in [1.82, 2.24) is 4.31 Å². The van der Waals surface area contributed by atoms with Gasteiger partial charge in [0.05, 0.1) is 18.9 Å². The van der Waals surface area contributed by atoms with E-state index in [9.17, 15) is 13.2 Å². The van der Waals surface area contributed by atoms with E-state index in [-0.39, 0.29) is 31.4 Å². The Bertz CT molecular complexity index is 586. The van der Waals surface area contributed by atoms with Crippen molar-refractivity contribution in [3.8, 4) is 0 Å². The van der Waals surface area contributed by atoms with E-state index in [1.807, 2.05) is 19.1 Å². The molecular weight excluding hydrogens is 280 g/mol. The summed E-state index contributed by atoms with van der Waals surface area (Å²) in [5.74, 6) is -0.439. The fraction of sp³-hybridized carbons (Fsp3) is 0.462. The van der Waals surface area contributed by atoms with Crippen LogP contribution in [0.5, 0.6) is 0 Å². The van der Waals surface area contributed by atoms with Crippen LogP contribution in [0.2, 0.25) is 0 Å². The molecule has 1 aliphatic heterocycles. The Morgan fingerprint density at radius 2 is 2.05 bits per heavy atom.